The fraction of sp³-hybridized carbons (Fsp3) is 0.333. The van der Waals surface area contributed by atoms with Crippen molar-refractivity contribution in [3.05, 3.63) is 56.7 Å². The molecule has 0 amide bonds. The summed E-state index contributed by atoms with van der Waals surface area (Å²) in [6.07, 6.45) is -3.71. The van der Waals surface area contributed by atoms with Crippen LogP contribution in [0.2, 0.25) is 0 Å². The number of allylic oxidation sites excluding steroid dienone is 2. The highest BCUT2D eigenvalue weighted by Gasteiger charge is 2.90. The number of aliphatic hydroxyl groups is 4. The second kappa shape index (κ2) is 6.85. The van der Waals surface area contributed by atoms with Gasteiger partial charge in [0.1, 0.15) is 34.5 Å². The maximum atomic E-state index is 14.6. The molecule has 4 fully saturated rings. The number of carbonyl (C=O) groups excluding carboxylic acids is 4. The Kier molecular flexibility index (Phi) is 4.09. The minimum atomic E-state index is -2.48. The lowest BCUT2D eigenvalue weighted by Crippen LogP contribution is -2.65. The van der Waals surface area contributed by atoms with Crippen LogP contribution in [0, 0.1) is 48.3 Å². The summed E-state index contributed by atoms with van der Waals surface area (Å²) < 4.78 is 0. The van der Waals surface area contributed by atoms with E-state index in [1.165, 1.54) is 13.8 Å². The Hall–Kier alpha value is -4.68. The Labute approximate surface area is 235 Å². The molecular weight excluding hydrogens is 552 g/mol. The summed E-state index contributed by atoms with van der Waals surface area (Å²) >= 11 is 0. The summed E-state index contributed by atoms with van der Waals surface area (Å²) in [4.78, 5) is 58.1. The van der Waals surface area contributed by atoms with Gasteiger partial charge in [-0.1, -0.05) is 0 Å². The SMILES string of the molecule is Cc1cc(O)c2c(c1O)C(=O)C13C(=C2O)C(=O)[C@@H]2C(O)[C@H]1[C@@H]1C(O)[C@H]3C(=O)C3=C(O)c4c(O)cc(C)c(O)c4C(=O)C321. The Balaban J connectivity index is 1.56. The summed E-state index contributed by atoms with van der Waals surface area (Å²) in [5.41, 5.74) is -8.66. The van der Waals surface area contributed by atoms with E-state index in [1.54, 1.807) is 0 Å². The Bertz CT molecular complexity index is 1780. The number of hydrogen-bond acceptors (Lipinski definition) is 12. The number of aryl methyl sites for hydroxylation is 2. The van der Waals surface area contributed by atoms with Crippen molar-refractivity contribution in [2.75, 3.05) is 0 Å². The number of aliphatic hydroxyl groups excluding tert-OH is 4. The van der Waals surface area contributed by atoms with Gasteiger partial charge in [0.2, 0.25) is 0 Å². The van der Waals surface area contributed by atoms with E-state index in [9.17, 15) is 60.0 Å². The smallest absolute Gasteiger partial charge is 0.179 e. The standard InChI is InChI=1S/C30H22O12/c1-5-3-7(31)9-11(19(5)33)27(41)29-13-14-24(38)17(29)26(40)16-22(36)10-8(32)4-6(2)20(34)12(10)28(42)30(14,16)18(23(13)37)25(39)15(29)21(9)35/h3-4,13-14,17-18,23-24,31-38H,1-2H3/t13-,14-,17+,18+,23?,24?,29?,30?/m1/s1. The van der Waals surface area contributed by atoms with Crippen molar-refractivity contribution in [3.8, 4) is 23.0 Å². The van der Waals surface area contributed by atoms with Gasteiger partial charge in [-0.25, -0.2) is 0 Å². The van der Waals surface area contributed by atoms with Gasteiger partial charge in [0.15, 0.2) is 23.1 Å². The largest absolute Gasteiger partial charge is 0.507 e. The van der Waals surface area contributed by atoms with Crippen LogP contribution in [0.25, 0.3) is 11.5 Å². The first-order chi connectivity index (χ1) is 19.7. The Morgan fingerprint density at radius 1 is 0.571 bits per heavy atom. The number of rotatable bonds is 0. The number of carbonyl (C=O) groups is 4. The van der Waals surface area contributed by atoms with E-state index in [2.05, 4.69) is 0 Å². The molecule has 6 aliphatic rings. The van der Waals surface area contributed by atoms with Crippen LogP contribution in [0.15, 0.2) is 23.3 Å². The van der Waals surface area contributed by atoms with Crippen molar-refractivity contribution >= 4 is 34.7 Å². The molecular formula is C30H22O12. The molecule has 42 heavy (non-hydrogen) atoms. The predicted molar refractivity (Wildman–Crippen MR) is 138 cm³/mol. The van der Waals surface area contributed by atoms with Crippen LogP contribution < -0.4 is 0 Å². The van der Waals surface area contributed by atoms with Gasteiger partial charge in [-0.2, -0.15) is 0 Å². The van der Waals surface area contributed by atoms with E-state index >= 15 is 0 Å². The lowest BCUT2D eigenvalue weighted by molar-refractivity contribution is -0.142. The molecule has 4 saturated carbocycles. The highest BCUT2D eigenvalue weighted by molar-refractivity contribution is 6.31. The first kappa shape index (κ1) is 25.1. The molecule has 12 nitrogen and oxygen atoms in total. The molecule has 12 heteroatoms. The maximum Gasteiger partial charge on any atom is 0.179 e. The second-order valence-corrected chi connectivity index (χ2v) is 12.2. The Morgan fingerprint density at radius 2 is 0.905 bits per heavy atom. The molecule has 8 N–H and O–H groups in total. The van der Waals surface area contributed by atoms with Gasteiger partial charge in [-0.05, 0) is 37.1 Å². The number of benzene rings is 2. The highest BCUT2D eigenvalue weighted by atomic mass is 16.3. The minimum Gasteiger partial charge on any atom is -0.507 e. The Morgan fingerprint density at radius 3 is 1.24 bits per heavy atom. The molecule has 8 rings (SSSR count). The summed E-state index contributed by atoms with van der Waals surface area (Å²) in [5, 5.41) is 89.8. The molecule has 2 spiro atoms. The molecule has 0 heterocycles. The van der Waals surface area contributed by atoms with Crippen LogP contribution in [0.3, 0.4) is 0 Å². The van der Waals surface area contributed by atoms with Crippen LogP contribution >= 0.6 is 0 Å². The number of Topliss-reactive ketones (excluding diaryl/α,β-unsaturated/α-hetero) is 4. The predicted octanol–water partition coefficient (Wildman–Crippen LogP) is 1.11. The fourth-order valence-corrected chi connectivity index (χ4v) is 9.59. The van der Waals surface area contributed by atoms with Gasteiger partial charge >= 0.3 is 0 Å². The average molecular weight is 574 g/mol. The van der Waals surface area contributed by atoms with Crippen LogP contribution in [-0.4, -0.2) is 76.2 Å². The van der Waals surface area contributed by atoms with Gasteiger partial charge in [-0.3, -0.25) is 19.2 Å². The second-order valence-electron chi connectivity index (χ2n) is 12.2. The van der Waals surface area contributed by atoms with E-state index in [0.29, 0.717) is 0 Å². The molecule has 8 atom stereocenters. The summed E-state index contributed by atoms with van der Waals surface area (Å²) in [6.45, 7) is 2.72. The normalized spacial score (nSPS) is 36.9. The molecule has 2 aromatic rings. The van der Waals surface area contributed by atoms with Crippen molar-refractivity contribution < 1.29 is 60.0 Å². The van der Waals surface area contributed by atoms with Gasteiger partial charge < -0.3 is 40.9 Å². The van der Waals surface area contributed by atoms with Crippen molar-refractivity contribution in [2.45, 2.75) is 26.1 Å². The van der Waals surface area contributed by atoms with Crippen LogP contribution in [0.4, 0.5) is 0 Å². The average Bonchev–Trinajstić information content (AvgIpc) is 3.27. The first-order valence-corrected chi connectivity index (χ1v) is 13.2. The van der Waals surface area contributed by atoms with E-state index in [4.69, 9.17) is 0 Å². The van der Waals surface area contributed by atoms with Gasteiger partial charge in [0.05, 0.1) is 68.3 Å². The number of aromatic hydroxyl groups is 4. The molecule has 2 aromatic carbocycles. The zero-order valence-corrected chi connectivity index (χ0v) is 21.8. The molecule has 0 aromatic heterocycles. The lowest BCUT2D eigenvalue weighted by atomic mass is 9.46. The van der Waals surface area contributed by atoms with Crippen molar-refractivity contribution in [2.24, 2.45) is 34.5 Å². The number of fused-ring (bicyclic) bond motifs is 4. The number of phenols is 4. The number of phenolic OH excluding ortho intramolecular Hbond substituents is 4. The van der Waals surface area contributed by atoms with Crippen LogP contribution in [0.1, 0.15) is 43.0 Å². The number of ketones is 4. The molecule has 0 aliphatic heterocycles. The van der Waals surface area contributed by atoms with E-state index in [-0.39, 0.29) is 11.1 Å². The van der Waals surface area contributed by atoms with E-state index < -0.39 is 138 Å². The monoisotopic (exact) mass is 574 g/mol. The van der Waals surface area contributed by atoms with Crippen molar-refractivity contribution in [1.82, 2.24) is 0 Å². The van der Waals surface area contributed by atoms with E-state index in [0.717, 1.165) is 12.1 Å². The quantitative estimate of drug-likeness (QED) is 0.207. The van der Waals surface area contributed by atoms with Crippen LogP contribution in [0.5, 0.6) is 23.0 Å². The van der Waals surface area contributed by atoms with Crippen molar-refractivity contribution in [1.29, 1.82) is 0 Å². The summed E-state index contributed by atoms with van der Waals surface area (Å²) in [7, 11) is 0. The lowest BCUT2D eigenvalue weighted by Gasteiger charge is -2.53. The molecule has 214 valence electrons. The summed E-state index contributed by atoms with van der Waals surface area (Å²) in [5.74, 6) is -15.9. The third kappa shape index (κ3) is 2.03. The minimum absolute atomic E-state index is 0.0181. The molecule has 4 bridgehead atoms. The third-order valence-corrected chi connectivity index (χ3v) is 10.8. The van der Waals surface area contributed by atoms with Gasteiger partial charge in [0.25, 0.3) is 0 Å². The maximum absolute atomic E-state index is 14.6. The molecule has 4 unspecified atom stereocenters. The summed E-state index contributed by atoms with van der Waals surface area (Å²) in [6, 6.07) is 2.13. The molecule has 0 saturated heterocycles. The molecule has 0 radical (unpaired) electrons. The highest BCUT2D eigenvalue weighted by Crippen LogP contribution is 2.80. The van der Waals surface area contributed by atoms with Crippen molar-refractivity contribution in [3.63, 3.8) is 0 Å². The molecule has 6 aliphatic carbocycles. The van der Waals surface area contributed by atoms with Crippen LogP contribution in [-0.2, 0) is 9.59 Å². The van der Waals surface area contributed by atoms with E-state index in [1.807, 2.05) is 0 Å². The third-order valence-electron chi connectivity index (χ3n) is 10.8. The number of hydrogen-bond donors (Lipinski definition) is 8. The fourth-order valence-electron chi connectivity index (χ4n) is 9.59. The first-order valence-electron chi connectivity index (χ1n) is 13.2. The van der Waals surface area contributed by atoms with Gasteiger partial charge in [0, 0.05) is 11.8 Å². The topological polar surface area (TPSA) is 230 Å². The zero-order chi connectivity index (χ0) is 30.3. The zero-order valence-electron chi connectivity index (χ0n) is 21.8. The van der Waals surface area contributed by atoms with Gasteiger partial charge in [-0.15, -0.1) is 0 Å².